The van der Waals surface area contributed by atoms with Gasteiger partial charge in [0.1, 0.15) is 11.7 Å². The lowest BCUT2D eigenvalue weighted by Gasteiger charge is -2.32. The molecule has 0 amide bonds. The fourth-order valence-corrected chi connectivity index (χ4v) is 2.96. The van der Waals surface area contributed by atoms with E-state index in [1.807, 2.05) is 6.08 Å². The maximum atomic E-state index is 13.9. The predicted octanol–water partition coefficient (Wildman–Crippen LogP) is 7.20. The topological polar surface area (TPSA) is 12.4 Å². The first kappa shape index (κ1) is 21.3. The molecule has 1 aliphatic rings. The van der Waals surface area contributed by atoms with E-state index in [1.165, 1.54) is 54.2 Å². The molecule has 0 aromatic heterocycles. The number of halogens is 2. The van der Waals surface area contributed by atoms with E-state index in [4.69, 9.17) is 0 Å². The molecule has 0 aromatic rings. The summed E-state index contributed by atoms with van der Waals surface area (Å²) in [4.78, 5) is 4.07. The molecule has 1 aliphatic carbocycles. The van der Waals surface area contributed by atoms with Crippen molar-refractivity contribution in [2.45, 2.75) is 59.8 Å². The van der Waals surface area contributed by atoms with Gasteiger partial charge >= 0.3 is 0 Å². The maximum Gasteiger partial charge on any atom is 0.124 e. The Labute approximate surface area is 151 Å². The Balaban J connectivity index is 2.63. The molecule has 0 bridgehead atoms. The maximum absolute atomic E-state index is 13.9. The van der Waals surface area contributed by atoms with Crippen LogP contribution in [0.1, 0.15) is 59.8 Å². The monoisotopic (exact) mass is 347 g/mol. The lowest BCUT2D eigenvalue weighted by atomic mass is 9.72. The highest BCUT2D eigenvalue weighted by atomic mass is 19.1. The quantitative estimate of drug-likeness (QED) is 0.250. The van der Waals surface area contributed by atoms with Gasteiger partial charge in [0.15, 0.2) is 0 Å². The molecule has 3 heteroatoms. The van der Waals surface area contributed by atoms with E-state index in [0.717, 1.165) is 25.7 Å². The number of aliphatic imine (C=N–C) groups is 1. The van der Waals surface area contributed by atoms with Crippen LogP contribution in [0.25, 0.3) is 0 Å². The second-order valence-corrected chi connectivity index (χ2v) is 7.14. The Kier molecular flexibility index (Phi) is 9.33. The number of hydrogen-bond acceptors (Lipinski definition) is 1. The van der Waals surface area contributed by atoms with Gasteiger partial charge < -0.3 is 0 Å². The summed E-state index contributed by atoms with van der Waals surface area (Å²) in [6.45, 7) is 9.29. The Hall–Kier alpha value is -1.77. The first-order chi connectivity index (χ1) is 11.9. The highest BCUT2D eigenvalue weighted by Crippen LogP contribution is 2.40. The van der Waals surface area contributed by atoms with Crippen molar-refractivity contribution < 1.29 is 8.78 Å². The lowest BCUT2D eigenvalue weighted by Crippen LogP contribution is -2.19. The van der Waals surface area contributed by atoms with Crippen molar-refractivity contribution in [3.8, 4) is 0 Å². The second-order valence-electron chi connectivity index (χ2n) is 7.14. The molecule has 0 aliphatic heterocycles. The van der Waals surface area contributed by atoms with Crippen molar-refractivity contribution in [3.63, 3.8) is 0 Å². The third-order valence-electron chi connectivity index (χ3n) is 4.44. The zero-order valence-corrected chi connectivity index (χ0v) is 16.0. The molecule has 0 aromatic carbocycles. The average molecular weight is 347 g/mol. The van der Waals surface area contributed by atoms with Gasteiger partial charge in [0, 0.05) is 12.8 Å². The van der Waals surface area contributed by atoms with Crippen LogP contribution in [0, 0.1) is 5.41 Å². The molecule has 0 atom stereocenters. The summed E-state index contributed by atoms with van der Waals surface area (Å²) in [6.07, 6.45) is 15.4. The highest BCUT2D eigenvalue weighted by molar-refractivity contribution is 5.72. The Bertz CT molecular complexity index is 602. The first-order valence-electron chi connectivity index (χ1n) is 9.14. The van der Waals surface area contributed by atoms with Crippen molar-refractivity contribution >= 4 is 6.21 Å². The second kappa shape index (κ2) is 11.0. The number of allylic oxidation sites excluding steroid dienone is 10. The summed E-state index contributed by atoms with van der Waals surface area (Å²) in [5.41, 5.74) is 2.62. The minimum absolute atomic E-state index is 0.0842. The fourth-order valence-electron chi connectivity index (χ4n) is 2.96. The molecule has 138 valence electrons. The van der Waals surface area contributed by atoms with E-state index in [1.54, 1.807) is 0 Å². The molecule has 0 saturated carbocycles. The van der Waals surface area contributed by atoms with Gasteiger partial charge in [-0.05, 0) is 67.9 Å². The average Bonchev–Trinajstić information content (AvgIpc) is 2.53. The Morgan fingerprint density at radius 1 is 1.16 bits per heavy atom. The lowest BCUT2D eigenvalue weighted by molar-refractivity contribution is 0.376. The van der Waals surface area contributed by atoms with Crippen molar-refractivity contribution in [3.05, 3.63) is 59.3 Å². The van der Waals surface area contributed by atoms with E-state index in [-0.39, 0.29) is 11.2 Å². The summed E-state index contributed by atoms with van der Waals surface area (Å²) in [6, 6.07) is 0. The molecule has 0 radical (unpaired) electrons. The van der Waals surface area contributed by atoms with Crippen LogP contribution < -0.4 is 0 Å². The van der Waals surface area contributed by atoms with Gasteiger partial charge in [0.25, 0.3) is 0 Å². The van der Waals surface area contributed by atoms with Crippen LogP contribution in [0.3, 0.4) is 0 Å². The number of rotatable bonds is 8. The minimum atomic E-state index is -0.444. The van der Waals surface area contributed by atoms with Crippen molar-refractivity contribution in [2.75, 3.05) is 6.54 Å². The van der Waals surface area contributed by atoms with Crippen LogP contribution in [-0.4, -0.2) is 12.8 Å². The fraction of sp³-hybridized carbons (Fsp3) is 0.500. The van der Waals surface area contributed by atoms with Crippen LogP contribution in [-0.2, 0) is 0 Å². The number of nitrogens with zero attached hydrogens (tertiary/aromatic N) is 1. The van der Waals surface area contributed by atoms with E-state index >= 15 is 0 Å². The van der Waals surface area contributed by atoms with Crippen LogP contribution in [0.15, 0.2) is 64.2 Å². The highest BCUT2D eigenvalue weighted by Gasteiger charge is 2.26. The largest absolute Gasteiger partial charge is 0.293 e. The number of hydrogen-bond donors (Lipinski definition) is 0. The molecule has 0 heterocycles. The van der Waals surface area contributed by atoms with Crippen LogP contribution in [0.5, 0.6) is 0 Å². The molecular weight excluding hydrogens is 316 g/mol. The normalized spacial score (nSPS) is 19.8. The molecule has 0 N–H and O–H groups in total. The van der Waals surface area contributed by atoms with Crippen molar-refractivity contribution in [1.82, 2.24) is 0 Å². The Morgan fingerprint density at radius 3 is 2.56 bits per heavy atom. The van der Waals surface area contributed by atoms with E-state index in [2.05, 4.69) is 32.7 Å². The summed E-state index contributed by atoms with van der Waals surface area (Å²) < 4.78 is 27.4. The molecule has 1 nitrogen and oxygen atoms in total. The predicted molar refractivity (Wildman–Crippen MR) is 105 cm³/mol. The summed E-state index contributed by atoms with van der Waals surface area (Å²) >= 11 is 0. The Morgan fingerprint density at radius 2 is 1.88 bits per heavy atom. The van der Waals surface area contributed by atoms with Gasteiger partial charge in [-0.1, -0.05) is 44.9 Å². The van der Waals surface area contributed by atoms with Gasteiger partial charge in [-0.15, -0.1) is 0 Å². The molecule has 0 saturated heterocycles. The van der Waals surface area contributed by atoms with Crippen LogP contribution in [0.4, 0.5) is 8.78 Å². The van der Waals surface area contributed by atoms with E-state index in [0.29, 0.717) is 6.54 Å². The molecule has 0 fully saturated rings. The van der Waals surface area contributed by atoms with Gasteiger partial charge in [-0.25, -0.2) is 8.78 Å². The molecule has 25 heavy (non-hydrogen) atoms. The SMILES string of the molecule is CCCCN=C/C=C(F)/C=C/C=C(F)/C=C/C1=C(C)CCCC1(C)C. The zero-order chi connectivity index (χ0) is 18.7. The zero-order valence-electron chi connectivity index (χ0n) is 16.0. The van der Waals surface area contributed by atoms with E-state index in [9.17, 15) is 8.78 Å². The van der Waals surface area contributed by atoms with Gasteiger partial charge in [0.05, 0.1) is 0 Å². The van der Waals surface area contributed by atoms with E-state index < -0.39 is 5.83 Å². The van der Waals surface area contributed by atoms with Crippen molar-refractivity contribution in [1.29, 1.82) is 0 Å². The standard InChI is InChI=1S/C22H31F2N/c1-5-6-16-25-17-14-20(24)11-7-10-19(23)12-13-21-18(2)9-8-15-22(21,3)4/h7,10-14,17H,5-6,8-9,15-16H2,1-4H3/b11-7+,13-12+,19-10-,20-14-,25-17?. The van der Waals surface area contributed by atoms with Crippen LogP contribution >= 0.6 is 0 Å². The van der Waals surface area contributed by atoms with Gasteiger partial charge in [-0.2, -0.15) is 0 Å². The molecule has 1 rings (SSSR count). The molecular formula is C22H31F2N. The third kappa shape index (κ3) is 8.24. The summed E-state index contributed by atoms with van der Waals surface area (Å²) in [7, 11) is 0. The first-order valence-corrected chi connectivity index (χ1v) is 9.14. The molecule has 0 unspecified atom stereocenters. The number of unbranched alkanes of at least 4 members (excludes halogenated alkanes) is 1. The molecule has 0 spiro atoms. The van der Waals surface area contributed by atoms with Crippen molar-refractivity contribution in [2.24, 2.45) is 10.4 Å². The minimum Gasteiger partial charge on any atom is -0.293 e. The van der Waals surface area contributed by atoms with Crippen LogP contribution in [0.2, 0.25) is 0 Å². The van der Waals surface area contributed by atoms with Gasteiger partial charge in [0.2, 0.25) is 0 Å². The summed E-state index contributed by atoms with van der Waals surface area (Å²) in [5.74, 6) is -0.831. The smallest absolute Gasteiger partial charge is 0.124 e. The third-order valence-corrected chi connectivity index (χ3v) is 4.44. The van der Waals surface area contributed by atoms with Gasteiger partial charge in [-0.3, -0.25) is 4.99 Å². The summed E-state index contributed by atoms with van der Waals surface area (Å²) in [5, 5.41) is 0.